The van der Waals surface area contributed by atoms with E-state index in [4.69, 9.17) is 15.6 Å². The van der Waals surface area contributed by atoms with Gasteiger partial charge in [0.25, 0.3) is 0 Å². The Bertz CT molecular complexity index is 593. The van der Waals surface area contributed by atoms with Gasteiger partial charge in [0.05, 0.1) is 17.9 Å². The van der Waals surface area contributed by atoms with E-state index < -0.39 is 0 Å². The fraction of sp³-hybridized carbons (Fsp3) is 0.381. The smallest absolute Gasteiger partial charge is 0.153 e. The van der Waals surface area contributed by atoms with E-state index in [0.717, 1.165) is 12.7 Å². The first kappa shape index (κ1) is 20.6. The molecular formula is C21H29NO3. The molecule has 3 N–H and O–H groups in total. The maximum atomic E-state index is 10.8. The number of ether oxygens (including phenoxy) is 1. The second-order valence-corrected chi connectivity index (χ2v) is 5.83. The molecule has 0 unspecified atom stereocenters. The highest BCUT2D eigenvalue weighted by Crippen LogP contribution is 2.17. The summed E-state index contributed by atoms with van der Waals surface area (Å²) in [6, 6.07) is 14.1. The minimum Gasteiger partial charge on any atom is -0.506 e. The summed E-state index contributed by atoms with van der Waals surface area (Å²) in [6.07, 6.45) is 8.34. The van der Waals surface area contributed by atoms with Crippen molar-refractivity contribution in [3.63, 3.8) is 0 Å². The van der Waals surface area contributed by atoms with Crippen LogP contribution in [0, 0.1) is 0 Å². The summed E-state index contributed by atoms with van der Waals surface area (Å²) in [4.78, 5) is 10.8. The molecule has 0 radical (unpaired) electrons. The Balaban J connectivity index is 0.000000324. The van der Waals surface area contributed by atoms with E-state index in [1.807, 2.05) is 18.2 Å². The third-order valence-corrected chi connectivity index (χ3v) is 3.74. The van der Waals surface area contributed by atoms with Crippen molar-refractivity contribution in [1.82, 2.24) is 0 Å². The number of benzene rings is 2. The summed E-state index contributed by atoms with van der Waals surface area (Å²) in [6.45, 7) is 2.93. The van der Waals surface area contributed by atoms with Gasteiger partial charge in [-0.25, -0.2) is 0 Å². The van der Waals surface area contributed by atoms with Gasteiger partial charge in [-0.1, -0.05) is 63.3 Å². The number of hydrogen-bond acceptors (Lipinski definition) is 4. The molecule has 0 atom stereocenters. The number of hydrogen-bond donors (Lipinski definition) is 2. The highest BCUT2D eigenvalue weighted by atomic mass is 16.5. The molecule has 4 nitrogen and oxygen atoms in total. The van der Waals surface area contributed by atoms with E-state index >= 15 is 0 Å². The zero-order valence-corrected chi connectivity index (χ0v) is 15.0. The fourth-order valence-corrected chi connectivity index (χ4v) is 2.26. The van der Waals surface area contributed by atoms with E-state index in [2.05, 4.69) is 6.92 Å². The number of nitrogen functional groups attached to an aromatic ring is 1. The topological polar surface area (TPSA) is 72.5 Å². The number of nitrogens with two attached hydrogens (primary N) is 1. The van der Waals surface area contributed by atoms with E-state index in [1.165, 1.54) is 32.1 Å². The molecule has 0 bridgehead atoms. The normalized spacial score (nSPS) is 9.80. The number of aldehydes is 1. The molecule has 4 heteroatoms. The van der Waals surface area contributed by atoms with Crippen molar-refractivity contribution in [3.8, 4) is 11.5 Å². The first-order chi connectivity index (χ1) is 12.2. The van der Waals surface area contributed by atoms with Crippen LogP contribution in [0.1, 0.15) is 55.8 Å². The third-order valence-electron chi connectivity index (χ3n) is 3.74. The van der Waals surface area contributed by atoms with Gasteiger partial charge in [0.1, 0.15) is 11.5 Å². The number of phenols is 1. The molecule has 0 aliphatic rings. The van der Waals surface area contributed by atoms with Crippen LogP contribution in [0.4, 0.5) is 5.69 Å². The van der Waals surface area contributed by atoms with Crippen LogP contribution in [0.5, 0.6) is 11.5 Å². The summed E-state index contributed by atoms with van der Waals surface area (Å²) in [5.74, 6) is 0.851. The monoisotopic (exact) mass is 343 g/mol. The van der Waals surface area contributed by atoms with Crippen LogP contribution in [0.3, 0.4) is 0 Å². The molecule has 2 aromatic carbocycles. The molecule has 0 aliphatic carbocycles. The molecule has 0 saturated heterocycles. The molecule has 2 rings (SSSR count). The maximum Gasteiger partial charge on any atom is 0.153 e. The largest absolute Gasteiger partial charge is 0.506 e. The lowest BCUT2D eigenvalue weighted by Gasteiger charge is -2.07. The van der Waals surface area contributed by atoms with Gasteiger partial charge in [-0.05, 0) is 30.7 Å². The second-order valence-electron chi connectivity index (χ2n) is 5.83. The van der Waals surface area contributed by atoms with Crippen molar-refractivity contribution < 1.29 is 14.6 Å². The minimum absolute atomic E-state index is 0.146. The average molecular weight is 343 g/mol. The van der Waals surface area contributed by atoms with Crippen LogP contribution in [0.25, 0.3) is 0 Å². The minimum atomic E-state index is 0.146. The zero-order valence-electron chi connectivity index (χ0n) is 15.0. The lowest BCUT2D eigenvalue weighted by molar-refractivity contribution is 0.111. The molecule has 0 heterocycles. The number of phenolic OH excluding ortho intramolecular Hbond substituents is 1. The van der Waals surface area contributed by atoms with Gasteiger partial charge >= 0.3 is 0 Å². The Hall–Kier alpha value is -2.49. The number of carbonyl (C=O) groups excluding carboxylic acids is 1. The molecule has 0 saturated carbocycles. The van der Waals surface area contributed by atoms with Gasteiger partial charge in [0, 0.05) is 0 Å². The van der Waals surface area contributed by atoms with Crippen LogP contribution in [-0.4, -0.2) is 18.0 Å². The van der Waals surface area contributed by atoms with Crippen molar-refractivity contribution >= 4 is 12.0 Å². The highest BCUT2D eigenvalue weighted by Gasteiger charge is 2.00. The first-order valence-corrected chi connectivity index (χ1v) is 8.89. The molecule has 0 aromatic heterocycles. The maximum absolute atomic E-state index is 10.8. The Morgan fingerprint density at radius 3 is 2.24 bits per heavy atom. The van der Waals surface area contributed by atoms with Gasteiger partial charge in [-0.3, -0.25) is 4.79 Å². The van der Waals surface area contributed by atoms with Gasteiger partial charge in [0.2, 0.25) is 0 Å². The van der Waals surface area contributed by atoms with Crippen molar-refractivity contribution in [1.29, 1.82) is 0 Å². The Morgan fingerprint density at radius 1 is 0.960 bits per heavy atom. The van der Waals surface area contributed by atoms with Crippen molar-refractivity contribution in [2.45, 2.75) is 45.4 Å². The number of carbonyl (C=O) groups is 1. The molecule has 0 aliphatic heterocycles. The number of aromatic hydroxyl groups is 1. The van der Waals surface area contributed by atoms with Crippen LogP contribution < -0.4 is 10.5 Å². The summed E-state index contributed by atoms with van der Waals surface area (Å²) in [5.41, 5.74) is 6.33. The van der Waals surface area contributed by atoms with E-state index in [-0.39, 0.29) is 5.75 Å². The van der Waals surface area contributed by atoms with Crippen molar-refractivity contribution in [2.24, 2.45) is 0 Å². The number of para-hydroxylation sites is 3. The standard InChI is InChI=1S/C15H22O2.C6H7NO/c1-2-3-4-5-6-9-12-17-15-11-8-7-10-14(15)13-16;7-5-3-1-2-4-6(5)8/h7-8,10-11,13H,2-6,9,12H2,1H3;1-4,8H,7H2. The first-order valence-electron chi connectivity index (χ1n) is 8.89. The summed E-state index contributed by atoms with van der Waals surface area (Å²) in [5, 5.41) is 8.79. The summed E-state index contributed by atoms with van der Waals surface area (Å²) < 4.78 is 5.60. The number of anilines is 1. The van der Waals surface area contributed by atoms with Gasteiger partial charge < -0.3 is 15.6 Å². The Morgan fingerprint density at radius 2 is 1.60 bits per heavy atom. The van der Waals surface area contributed by atoms with Gasteiger partial charge in [0.15, 0.2) is 6.29 Å². The summed E-state index contributed by atoms with van der Waals surface area (Å²) >= 11 is 0. The van der Waals surface area contributed by atoms with Gasteiger partial charge in [-0.2, -0.15) is 0 Å². The van der Waals surface area contributed by atoms with Crippen LogP contribution in [0.2, 0.25) is 0 Å². The molecule has 0 spiro atoms. The quantitative estimate of drug-likeness (QED) is 0.284. The van der Waals surface area contributed by atoms with Crippen LogP contribution >= 0.6 is 0 Å². The summed E-state index contributed by atoms with van der Waals surface area (Å²) in [7, 11) is 0. The third kappa shape index (κ3) is 8.80. The molecule has 25 heavy (non-hydrogen) atoms. The lowest BCUT2D eigenvalue weighted by Crippen LogP contribution is -1.99. The lowest BCUT2D eigenvalue weighted by atomic mass is 10.1. The predicted octanol–water partition coefficient (Wildman–Crippen LogP) is 5.21. The molecule has 0 fully saturated rings. The van der Waals surface area contributed by atoms with E-state index in [1.54, 1.807) is 30.3 Å². The highest BCUT2D eigenvalue weighted by molar-refractivity contribution is 5.79. The molecule has 136 valence electrons. The zero-order chi connectivity index (χ0) is 18.3. The molecule has 2 aromatic rings. The van der Waals surface area contributed by atoms with Crippen LogP contribution in [-0.2, 0) is 0 Å². The Labute approximate surface area is 150 Å². The predicted molar refractivity (Wildman–Crippen MR) is 103 cm³/mol. The van der Waals surface area contributed by atoms with Crippen molar-refractivity contribution in [2.75, 3.05) is 12.3 Å². The Kier molecular flexibility index (Phi) is 10.6. The SMILES string of the molecule is CCCCCCCCOc1ccccc1C=O.Nc1ccccc1O. The molecular weight excluding hydrogens is 314 g/mol. The fourth-order valence-electron chi connectivity index (χ4n) is 2.26. The van der Waals surface area contributed by atoms with Crippen LogP contribution in [0.15, 0.2) is 48.5 Å². The average Bonchev–Trinajstić information content (AvgIpc) is 2.64. The van der Waals surface area contributed by atoms with Gasteiger partial charge in [-0.15, -0.1) is 0 Å². The van der Waals surface area contributed by atoms with Crippen molar-refractivity contribution in [3.05, 3.63) is 54.1 Å². The second kappa shape index (κ2) is 12.9. The molecule has 0 amide bonds. The number of rotatable bonds is 9. The van der Waals surface area contributed by atoms with E-state index in [9.17, 15) is 4.79 Å². The number of unbranched alkanes of at least 4 members (excludes halogenated alkanes) is 5. The van der Waals surface area contributed by atoms with E-state index in [0.29, 0.717) is 23.6 Å².